The molecule has 18 N–H and O–H groups in total. The van der Waals surface area contributed by atoms with Gasteiger partial charge in [0.05, 0.1) is 37.0 Å². The maximum atomic E-state index is 12.6. The summed E-state index contributed by atoms with van der Waals surface area (Å²) in [4.78, 5) is 12.6. The molecular weight excluding hydrogens is 588 g/mol. The van der Waals surface area contributed by atoms with Crippen LogP contribution in [0.2, 0.25) is 0 Å². The van der Waals surface area contributed by atoms with Crippen molar-refractivity contribution in [1.82, 2.24) is 10.6 Å². The van der Waals surface area contributed by atoms with E-state index < -0.39 is 117 Å². The van der Waals surface area contributed by atoms with Gasteiger partial charge in [-0.3, -0.25) is 4.79 Å². The summed E-state index contributed by atoms with van der Waals surface area (Å²) >= 11 is 0. The summed E-state index contributed by atoms with van der Waals surface area (Å²) in [6.07, 6.45) is -16.1. The van der Waals surface area contributed by atoms with Gasteiger partial charge in [-0.05, 0) is 31.7 Å². The maximum absolute atomic E-state index is 12.6. The second-order valence-corrected chi connectivity index (χ2v) is 12.6. The van der Waals surface area contributed by atoms with Crippen molar-refractivity contribution >= 4 is 5.91 Å². The van der Waals surface area contributed by atoms with Crippen LogP contribution in [0.3, 0.4) is 0 Å². The van der Waals surface area contributed by atoms with E-state index in [9.17, 15) is 45.6 Å². The summed E-state index contributed by atoms with van der Waals surface area (Å²) in [6, 6.07) is -3.23. The van der Waals surface area contributed by atoms with Gasteiger partial charge < -0.3 is 88.6 Å². The van der Waals surface area contributed by atoms with Crippen LogP contribution in [0.15, 0.2) is 0 Å². The van der Waals surface area contributed by atoms with Crippen LogP contribution < -0.4 is 33.6 Å². The van der Waals surface area contributed by atoms with E-state index in [4.69, 9.17) is 37.1 Å². The predicted octanol–water partition coefficient (Wildman–Crippen LogP) is -8.17. The van der Waals surface area contributed by atoms with Crippen molar-refractivity contribution in [2.24, 2.45) is 34.8 Å². The van der Waals surface area contributed by atoms with Crippen molar-refractivity contribution in [2.75, 3.05) is 26.2 Å². The molecule has 256 valence electrons. The highest BCUT2D eigenvalue weighted by Gasteiger charge is 2.56. The van der Waals surface area contributed by atoms with Gasteiger partial charge in [0, 0.05) is 31.1 Å². The Morgan fingerprint density at radius 1 is 0.864 bits per heavy atom. The zero-order valence-corrected chi connectivity index (χ0v) is 24.4. The van der Waals surface area contributed by atoms with Crippen LogP contribution in [-0.2, 0) is 19.0 Å². The van der Waals surface area contributed by atoms with E-state index in [1.54, 1.807) is 0 Å². The number of nitrogens with two attached hydrogens (primary N) is 4. The largest absolute Gasteiger partial charge is 0.394 e. The molecule has 1 unspecified atom stereocenters. The van der Waals surface area contributed by atoms with Crippen molar-refractivity contribution in [1.29, 1.82) is 0 Å². The molecule has 18 nitrogen and oxygen atoms in total. The number of carbonyl (C=O) groups excluding carboxylic acids is 1. The summed E-state index contributed by atoms with van der Waals surface area (Å²) in [6.45, 7) is -0.347. The molecule has 4 aliphatic rings. The highest BCUT2D eigenvalue weighted by atomic mass is 16.7. The minimum absolute atomic E-state index is 0.105. The molecule has 16 atom stereocenters. The molecule has 0 radical (unpaired) electrons. The number of amides is 1. The fourth-order valence-corrected chi connectivity index (χ4v) is 6.67. The third-order valence-corrected chi connectivity index (χ3v) is 9.41. The maximum Gasteiger partial charge on any atom is 0.250 e. The quantitative estimate of drug-likeness (QED) is 0.0998. The van der Waals surface area contributed by atoms with Crippen LogP contribution in [0.4, 0.5) is 0 Å². The van der Waals surface area contributed by atoms with Crippen molar-refractivity contribution in [3.05, 3.63) is 0 Å². The third-order valence-electron chi connectivity index (χ3n) is 9.41. The summed E-state index contributed by atoms with van der Waals surface area (Å²) < 4.78 is 17.5. The molecule has 0 aromatic heterocycles. The van der Waals surface area contributed by atoms with E-state index >= 15 is 0 Å². The summed E-state index contributed by atoms with van der Waals surface area (Å²) in [5, 5.41) is 90.3. The van der Waals surface area contributed by atoms with Crippen molar-refractivity contribution in [2.45, 2.75) is 117 Å². The standard InChI is InChI=1S/C26H50N6O12/c27-4-12(34)25(41)32-11-3-10(29)15(19(37)23(11)44-26-20(38)16(30)17(35)14(7-33)43-26)24-22(40)21(39)18(36)13(42-24)6-31-5-8-1-9(28)2-8/h8-24,26,31,33-40H,1-7,27-30H2,(H,32,41)/t8?,9?,10-,11+,12-,13+,14+,15?,16-,17+,18+,19-,20+,21-,22+,23-,24+,26+/m0/s1. The zero-order chi connectivity index (χ0) is 32.5. The lowest BCUT2D eigenvalue weighted by atomic mass is 9.72. The first-order valence-electron chi connectivity index (χ1n) is 15.1. The Hall–Kier alpha value is -1.17. The first kappa shape index (κ1) is 35.7. The fraction of sp³-hybridized carbons (Fsp3) is 0.962. The number of hydrogen-bond donors (Lipinski definition) is 14. The third kappa shape index (κ3) is 7.52. The Kier molecular flexibility index (Phi) is 12.3. The summed E-state index contributed by atoms with van der Waals surface area (Å²) in [5.41, 5.74) is 23.6. The average molecular weight is 639 g/mol. The lowest BCUT2D eigenvalue weighted by Gasteiger charge is -2.52. The number of aliphatic hydroxyl groups is 8. The second kappa shape index (κ2) is 15.2. The van der Waals surface area contributed by atoms with Crippen LogP contribution in [0, 0.1) is 11.8 Å². The average Bonchev–Trinajstić information content (AvgIpc) is 2.98. The zero-order valence-electron chi connectivity index (χ0n) is 24.4. The summed E-state index contributed by atoms with van der Waals surface area (Å²) in [7, 11) is 0. The van der Waals surface area contributed by atoms with Crippen molar-refractivity contribution in [3.8, 4) is 0 Å². The van der Waals surface area contributed by atoms with Gasteiger partial charge in [-0.25, -0.2) is 0 Å². The Morgan fingerprint density at radius 2 is 1.55 bits per heavy atom. The molecule has 1 amide bonds. The Labute approximate surface area is 254 Å². The van der Waals surface area contributed by atoms with E-state index in [2.05, 4.69) is 10.6 Å². The first-order valence-corrected chi connectivity index (χ1v) is 15.1. The fourth-order valence-electron chi connectivity index (χ4n) is 6.67. The molecule has 0 spiro atoms. The molecule has 0 bridgehead atoms. The van der Waals surface area contributed by atoms with Crippen molar-refractivity contribution < 1.29 is 59.9 Å². The first-order chi connectivity index (χ1) is 20.8. The Morgan fingerprint density at radius 3 is 2.16 bits per heavy atom. The van der Waals surface area contributed by atoms with Gasteiger partial charge in [0.15, 0.2) is 6.29 Å². The molecule has 2 aliphatic heterocycles. The molecule has 0 aromatic carbocycles. The van der Waals surface area contributed by atoms with Gasteiger partial charge in [-0.15, -0.1) is 0 Å². The molecule has 4 fully saturated rings. The van der Waals surface area contributed by atoms with Gasteiger partial charge >= 0.3 is 0 Å². The van der Waals surface area contributed by atoms with E-state index in [0.29, 0.717) is 12.5 Å². The second-order valence-electron chi connectivity index (χ2n) is 12.6. The Bertz CT molecular complexity index is 936. The van der Waals surface area contributed by atoms with Crippen LogP contribution in [0.5, 0.6) is 0 Å². The van der Waals surface area contributed by atoms with E-state index in [0.717, 1.165) is 12.8 Å². The molecule has 18 heteroatoms. The lowest BCUT2D eigenvalue weighted by molar-refractivity contribution is -0.310. The minimum atomic E-state index is -1.68. The van der Waals surface area contributed by atoms with E-state index in [-0.39, 0.29) is 19.0 Å². The van der Waals surface area contributed by atoms with Crippen LogP contribution in [0.1, 0.15) is 19.3 Å². The molecule has 2 saturated carbocycles. The molecule has 4 rings (SSSR count). The normalized spacial score (nSPS) is 48.8. The molecular formula is C26H50N6O12. The van der Waals surface area contributed by atoms with E-state index in [1.165, 1.54) is 0 Å². The number of nitrogens with one attached hydrogen (secondary N) is 2. The monoisotopic (exact) mass is 638 g/mol. The number of rotatable bonds is 11. The number of hydrogen-bond acceptors (Lipinski definition) is 17. The number of aliphatic hydroxyl groups excluding tert-OH is 8. The molecule has 2 saturated heterocycles. The topological polar surface area (TPSA) is 335 Å². The predicted molar refractivity (Wildman–Crippen MR) is 150 cm³/mol. The SMILES string of the molecule is NC[C@H](O)C(=O)N[C@@H]1C[C@H](N)C([C@H]2O[C@H](CNCC3CC(N)C3)[C@@H](O)[C@H](O)[C@H]2O)[C@H](O)[C@H]1O[C@H]1O[C@H](CO)[C@@H](O)[C@H](N)[C@H]1O. The minimum Gasteiger partial charge on any atom is -0.394 e. The summed E-state index contributed by atoms with van der Waals surface area (Å²) in [5.74, 6) is -1.67. The molecule has 2 aliphatic carbocycles. The molecule has 2 heterocycles. The lowest BCUT2D eigenvalue weighted by Crippen LogP contribution is -2.71. The van der Waals surface area contributed by atoms with Crippen LogP contribution in [0.25, 0.3) is 0 Å². The Balaban J connectivity index is 1.55. The van der Waals surface area contributed by atoms with Gasteiger partial charge in [-0.1, -0.05) is 0 Å². The van der Waals surface area contributed by atoms with Crippen LogP contribution in [-0.4, -0.2) is 171 Å². The van der Waals surface area contributed by atoms with Crippen LogP contribution >= 0.6 is 0 Å². The van der Waals surface area contributed by atoms with Crippen molar-refractivity contribution in [3.63, 3.8) is 0 Å². The van der Waals surface area contributed by atoms with Gasteiger partial charge in [0.2, 0.25) is 5.91 Å². The van der Waals surface area contributed by atoms with Gasteiger partial charge in [0.25, 0.3) is 0 Å². The molecule has 0 aromatic rings. The smallest absolute Gasteiger partial charge is 0.250 e. The number of ether oxygens (including phenoxy) is 3. The number of carbonyl (C=O) groups is 1. The van der Waals surface area contributed by atoms with Gasteiger partial charge in [-0.2, -0.15) is 0 Å². The van der Waals surface area contributed by atoms with E-state index in [1.807, 2.05) is 0 Å². The van der Waals surface area contributed by atoms with Gasteiger partial charge in [0.1, 0.15) is 48.8 Å². The highest BCUT2D eigenvalue weighted by Crippen LogP contribution is 2.37. The highest BCUT2D eigenvalue weighted by molar-refractivity contribution is 5.81. The molecule has 44 heavy (non-hydrogen) atoms.